The van der Waals surface area contributed by atoms with Gasteiger partial charge in [-0.2, -0.15) is 0 Å². The van der Waals surface area contributed by atoms with Crippen molar-refractivity contribution < 1.29 is 9.47 Å². The summed E-state index contributed by atoms with van der Waals surface area (Å²) in [6, 6.07) is 0. The largest absolute Gasteiger partial charge is 0.380 e. The molecule has 0 aromatic heterocycles. The third-order valence-electron chi connectivity index (χ3n) is 2.32. The summed E-state index contributed by atoms with van der Waals surface area (Å²) in [5, 5.41) is 0. The van der Waals surface area contributed by atoms with Crippen LogP contribution in [0.15, 0.2) is 12.7 Å². The van der Waals surface area contributed by atoms with Crippen LogP contribution in [-0.4, -0.2) is 35.3 Å². The Morgan fingerprint density at radius 3 is 2.92 bits per heavy atom. The zero-order valence-corrected chi connectivity index (χ0v) is 10.5. The van der Waals surface area contributed by atoms with Crippen LogP contribution in [-0.2, 0) is 9.47 Å². The van der Waals surface area contributed by atoms with E-state index in [9.17, 15) is 0 Å². The maximum atomic E-state index is 5.66. The molecule has 1 saturated heterocycles. The van der Waals surface area contributed by atoms with Gasteiger partial charge in [-0.15, -0.1) is 6.58 Å². The summed E-state index contributed by atoms with van der Waals surface area (Å²) in [6.45, 7) is 5.53. The number of unbranched alkanes of at least 4 members (excludes halogenated alkanes) is 3. The highest BCUT2D eigenvalue weighted by Gasteiger charge is 2.29. The molecule has 2 atom stereocenters. The second-order valence-corrected chi connectivity index (χ2v) is 4.72. The highest BCUT2D eigenvalue weighted by Crippen LogP contribution is 2.14. The molecule has 2 nitrogen and oxygen atoms in total. The molecule has 1 fully saturated rings. The molecule has 3 heteroatoms. The molecule has 1 rings (SSSR count). The van der Waals surface area contributed by atoms with Crippen molar-refractivity contribution in [1.82, 2.24) is 0 Å². The Hall–Kier alpha value is -0.123. The lowest BCUT2D eigenvalue weighted by molar-refractivity contribution is 0.0833. The van der Waals surface area contributed by atoms with Crippen molar-refractivity contribution in [2.75, 3.05) is 13.2 Å². The average Bonchev–Trinajstić information content (AvgIpc) is 2.93. The van der Waals surface area contributed by atoms with Gasteiger partial charge in [0.1, 0.15) is 6.10 Å². The number of allylic oxidation sites excluding steroid dienone is 1. The van der Waals surface area contributed by atoms with Crippen molar-refractivity contribution in [2.24, 2.45) is 0 Å². The van der Waals surface area contributed by atoms with E-state index in [-0.39, 0.29) is 0 Å². The monoisotopic (exact) mass is 200 g/mol. The number of hydrogen-bond donors (Lipinski definition) is 0. The molecule has 0 bridgehead atoms. The smallest absolute Gasteiger partial charge is 0.103 e. The molecule has 13 heavy (non-hydrogen) atoms. The maximum Gasteiger partial charge on any atom is 0.103 e. The minimum absolute atomic E-state index is 0.430. The van der Waals surface area contributed by atoms with Gasteiger partial charge in [-0.3, -0.25) is 0 Å². The molecule has 1 aliphatic rings. The lowest BCUT2D eigenvalue weighted by Gasteiger charge is -2.09. The molecule has 0 aromatic carbocycles. The molecule has 2 unspecified atom stereocenters. The van der Waals surface area contributed by atoms with E-state index >= 15 is 0 Å². The van der Waals surface area contributed by atoms with Crippen molar-refractivity contribution >= 4 is 10.2 Å². The molecule has 0 N–H and O–H groups in total. The van der Waals surface area contributed by atoms with Crippen molar-refractivity contribution in [3.63, 3.8) is 0 Å². The van der Waals surface area contributed by atoms with E-state index in [2.05, 4.69) is 6.58 Å². The number of ether oxygens (including phenoxy) is 2. The summed E-state index contributed by atoms with van der Waals surface area (Å²) >= 11 is 0. The normalized spacial score (nSPS) is 22.9. The summed E-state index contributed by atoms with van der Waals surface area (Å²) in [5.41, 5.74) is 0.430. The lowest BCUT2D eigenvalue weighted by atomic mass is 10.2. The number of rotatable bonds is 8. The van der Waals surface area contributed by atoms with Gasteiger partial charge in [-0.25, -0.2) is 0 Å². The standard InChI is InChI=1S/C10H20O2Si/c1-2-3-4-5-6-7-11-10(13)9-8-12-9/h2,9-10H,1,3-8H2,13H3. The number of epoxide rings is 1. The summed E-state index contributed by atoms with van der Waals surface area (Å²) in [7, 11) is 1.09. The van der Waals surface area contributed by atoms with Crippen LogP contribution in [0.5, 0.6) is 0 Å². The Balaban J connectivity index is 1.80. The minimum Gasteiger partial charge on any atom is -0.380 e. The van der Waals surface area contributed by atoms with Gasteiger partial charge < -0.3 is 9.47 Å². The summed E-state index contributed by atoms with van der Waals surface area (Å²) in [5.74, 6) is 0. The van der Waals surface area contributed by atoms with Gasteiger partial charge in [0.15, 0.2) is 0 Å². The summed E-state index contributed by atoms with van der Waals surface area (Å²) in [6.07, 6.45) is 7.24. The lowest BCUT2D eigenvalue weighted by Crippen LogP contribution is -2.20. The van der Waals surface area contributed by atoms with Crippen molar-refractivity contribution in [3.8, 4) is 0 Å². The first-order valence-corrected chi connectivity index (χ1v) is 6.34. The van der Waals surface area contributed by atoms with Gasteiger partial charge in [-0.1, -0.05) is 12.5 Å². The first-order chi connectivity index (χ1) is 6.34. The fourth-order valence-corrected chi connectivity index (χ4v) is 1.89. The van der Waals surface area contributed by atoms with E-state index in [0.717, 1.165) is 29.9 Å². The number of hydrogen-bond acceptors (Lipinski definition) is 2. The second-order valence-electron chi connectivity index (χ2n) is 3.59. The maximum absolute atomic E-state index is 5.66. The average molecular weight is 200 g/mol. The van der Waals surface area contributed by atoms with E-state index in [1.54, 1.807) is 0 Å². The van der Waals surface area contributed by atoms with Gasteiger partial charge in [0, 0.05) is 16.8 Å². The van der Waals surface area contributed by atoms with E-state index in [1.165, 1.54) is 19.3 Å². The fraction of sp³-hybridized carbons (Fsp3) is 0.800. The van der Waals surface area contributed by atoms with Crippen LogP contribution in [0.4, 0.5) is 0 Å². The predicted octanol–water partition coefficient (Wildman–Crippen LogP) is 0.840. The molecule has 0 amide bonds. The third kappa shape index (κ3) is 5.24. The molecule has 1 aliphatic heterocycles. The quantitative estimate of drug-likeness (QED) is 0.251. The van der Waals surface area contributed by atoms with Crippen LogP contribution in [0.25, 0.3) is 0 Å². The zero-order valence-electron chi connectivity index (χ0n) is 8.50. The molecule has 0 aromatic rings. The van der Waals surface area contributed by atoms with Crippen LogP contribution in [0.2, 0.25) is 0 Å². The highest BCUT2D eigenvalue weighted by molar-refractivity contribution is 6.11. The van der Waals surface area contributed by atoms with Crippen LogP contribution in [0.1, 0.15) is 25.7 Å². The van der Waals surface area contributed by atoms with Crippen LogP contribution in [0, 0.1) is 0 Å². The predicted molar refractivity (Wildman–Crippen MR) is 58.1 cm³/mol. The van der Waals surface area contributed by atoms with Gasteiger partial charge in [-0.05, 0) is 19.3 Å². The Morgan fingerprint density at radius 2 is 2.31 bits per heavy atom. The SMILES string of the molecule is C=CCCCCCOC([SiH3])C1CO1. The first kappa shape index (κ1) is 11.0. The summed E-state index contributed by atoms with van der Waals surface area (Å²) < 4.78 is 10.8. The molecule has 0 saturated carbocycles. The Labute approximate surface area is 83.7 Å². The minimum atomic E-state index is 0.430. The second kappa shape index (κ2) is 6.35. The molecule has 0 spiro atoms. The molecule has 1 heterocycles. The van der Waals surface area contributed by atoms with Gasteiger partial charge in [0.05, 0.1) is 12.3 Å². The van der Waals surface area contributed by atoms with Gasteiger partial charge in [0.25, 0.3) is 0 Å². The van der Waals surface area contributed by atoms with E-state index in [0.29, 0.717) is 11.8 Å². The van der Waals surface area contributed by atoms with Crippen LogP contribution in [0.3, 0.4) is 0 Å². The first-order valence-electron chi connectivity index (χ1n) is 5.18. The van der Waals surface area contributed by atoms with Gasteiger partial charge >= 0.3 is 0 Å². The molecular weight excluding hydrogens is 180 g/mol. The van der Waals surface area contributed by atoms with E-state index < -0.39 is 0 Å². The fourth-order valence-electron chi connectivity index (χ4n) is 1.27. The van der Waals surface area contributed by atoms with Crippen molar-refractivity contribution in [1.29, 1.82) is 0 Å². The van der Waals surface area contributed by atoms with E-state index in [1.807, 2.05) is 6.08 Å². The van der Waals surface area contributed by atoms with Crippen LogP contribution >= 0.6 is 0 Å². The molecule has 76 valence electrons. The topological polar surface area (TPSA) is 21.8 Å². The van der Waals surface area contributed by atoms with Crippen LogP contribution < -0.4 is 0 Å². The molecule has 0 aliphatic carbocycles. The van der Waals surface area contributed by atoms with Crippen molar-refractivity contribution in [3.05, 3.63) is 12.7 Å². The Bertz CT molecular complexity index is 146. The molecular formula is C10H20O2Si. The highest BCUT2D eigenvalue weighted by atomic mass is 28.1. The third-order valence-corrected chi connectivity index (χ3v) is 3.39. The van der Waals surface area contributed by atoms with E-state index in [4.69, 9.17) is 9.47 Å². The Kier molecular flexibility index (Phi) is 5.35. The van der Waals surface area contributed by atoms with Crippen molar-refractivity contribution in [2.45, 2.75) is 37.5 Å². The zero-order chi connectivity index (χ0) is 9.52. The van der Waals surface area contributed by atoms with Gasteiger partial charge in [0.2, 0.25) is 0 Å². The summed E-state index contributed by atoms with van der Waals surface area (Å²) in [4.78, 5) is 0. The molecule has 0 radical (unpaired) electrons. The Morgan fingerprint density at radius 1 is 1.54 bits per heavy atom.